The maximum absolute atomic E-state index is 12.5. The predicted octanol–water partition coefficient (Wildman–Crippen LogP) is 3.24. The fourth-order valence-electron chi connectivity index (χ4n) is 4.26. The van der Waals surface area contributed by atoms with Gasteiger partial charge >= 0.3 is 0 Å². The number of fused-ring (bicyclic) bond motifs is 1. The van der Waals surface area contributed by atoms with Crippen molar-refractivity contribution in [2.45, 2.75) is 25.3 Å². The largest absolute Gasteiger partial charge is 0.486 e. The number of para-hydroxylation sites is 1. The summed E-state index contributed by atoms with van der Waals surface area (Å²) in [7, 11) is 2.08. The number of hydrogen-bond donors (Lipinski definition) is 1. The lowest BCUT2D eigenvalue weighted by atomic mass is 10.0. The van der Waals surface area contributed by atoms with E-state index in [1.807, 2.05) is 24.3 Å². The van der Waals surface area contributed by atoms with Crippen molar-refractivity contribution in [3.63, 3.8) is 0 Å². The van der Waals surface area contributed by atoms with E-state index in [4.69, 9.17) is 9.47 Å². The van der Waals surface area contributed by atoms with Gasteiger partial charge in [-0.05, 0) is 55.6 Å². The third kappa shape index (κ3) is 5.05. The molecule has 0 radical (unpaired) electrons. The molecular weight excluding hydrogens is 378 g/mol. The first-order valence-corrected chi connectivity index (χ1v) is 10.9. The molecule has 160 valence electrons. The van der Waals surface area contributed by atoms with Crippen molar-refractivity contribution >= 4 is 11.6 Å². The van der Waals surface area contributed by atoms with E-state index >= 15 is 0 Å². The number of benzene rings is 2. The molecule has 6 heteroatoms. The van der Waals surface area contributed by atoms with Crippen LogP contribution in [0.3, 0.4) is 0 Å². The summed E-state index contributed by atoms with van der Waals surface area (Å²) in [5.74, 6) is 1.73. The van der Waals surface area contributed by atoms with Gasteiger partial charge in [0.25, 0.3) is 0 Å². The van der Waals surface area contributed by atoms with Crippen LogP contribution in [-0.4, -0.2) is 57.2 Å². The zero-order chi connectivity index (χ0) is 20.8. The Hall–Kier alpha value is -2.73. The first-order valence-electron chi connectivity index (χ1n) is 10.9. The Morgan fingerprint density at radius 2 is 1.93 bits per heavy atom. The number of rotatable bonds is 8. The van der Waals surface area contributed by atoms with E-state index in [1.54, 1.807) is 0 Å². The quantitative estimate of drug-likeness (QED) is 0.679. The van der Waals surface area contributed by atoms with E-state index in [1.165, 1.54) is 11.3 Å². The molecule has 2 aromatic rings. The first-order chi connectivity index (χ1) is 14.7. The Morgan fingerprint density at radius 3 is 2.77 bits per heavy atom. The van der Waals surface area contributed by atoms with Gasteiger partial charge in [0, 0.05) is 31.9 Å². The van der Waals surface area contributed by atoms with Crippen molar-refractivity contribution in [3.05, 3.63) is 54.1 Å². The molecule has 2 aliphatic heterocycles. The van der Waals surface area contributed by atoms with Gasteiger partial charge in [0.05, 0.1) is 6.54 Å². The lowest BCUT2D eigenvalue weighted by molar-refractivity contribution is -0.122. The molecule has 0 aromatic heterocycles. The van der Waals surface area contributed by atoms with Gasteiger partial charge in [-0.25, -0.2) is 0 Å². The number of carbonyl (C=O) groups excluding carboxylic acids is 1. The average molecular weight is 410 g/mol. The van der Waals surface area contributed by atoms with Crippen LogP contribution < -0.4 is 19.7 Å². The molecule has 0 saturated carbocycles. The minimum atomic E-state index is 0.0989. The van der Waals surface area contributed by atoms with Crippen molar-refractivity contribution < 1.29 is 14.3 Å². The molecule has 2 heterocycles. The van der Waals surface area contributed by atoms with Crippen LogP contribution in [0.25, 0.3) is 0 Å². The average Bonchev–Trinajstić information content (AvgIpc) is 3.25. The highest BCUT2D eigenvalue weighted by atomic mass is 16.6. The predicted molar refractivity (Wildman–Crippen MR) is 118 cm³/mol. The fraction of sp³-hybridized carbons (Fsp3) is 0.458. The number of carbonyl (C=O) groups is 1. The molecule has 6 nitrogen and oxygen atoms in total. The second-order valence-electron chi connectivity index (χ2n) is 7.99. The molecule has 1 amide bonds. The van der Waals surface area contributed by atoms with Gasteiger partial charge in [-0.15, -0.1) is 0 Å². The number of anilines is 1. The van der Waals surface area contributed by atoms with Crippen molar-refractivity contribution in [1.82, 2.24) is 10.2 Å². The van der Waals surface area contributed by atoms with Crippen molar-refractivity contribution in [1.29, 1.82) is 0 Å². The molecule has 0 spiro atoms. The van der Waals surface area contributed by atoms with Crippen LogP contribution in [0, 0.1) is 0 Å². The maximum atomic E-state index is 12.5. The summed E-state index contributed by atoms with van der Waals surface area (Å²) in [6.45, 7) is 4.18. The maximum Gasteiger partial charge on any atom is 0.234 e. The second-order valence-corrected chi connectivity index (χ2v) is 7.99. The van der Waals surface area contributed by atoms with Gasteiger partial charge in [-0.3, -0.25) is 9.69 Å². The molecular formula is C24H31N3O3. The lowest BCUT2D eigenvalue weighted by Crippen LogP contribution is -2.38. The molecule has 0 aliphatic carbocycles. The molecule has 4 rings (SSSR count). The number of hydrogen-bond acceptors (Lipinski definition) is 5. The van der Waals surface area contributed by atoms with Gasteiger partial charge < -0.3 is 19.7 Å². The van der Waals surface area contributed by atoms with Crippen LogP contribution in [0.1, 0.15) is 30.9 Å². The van der Waals surface area contributed by atoms with Crippen LogP contribution in [0.15, 0.2) is 48.5 Å². The number of amides is 1. The standard InChI is InChI=1S/C24H31N3O3/c1-26(20-7-3-2-4-8-20)13-6-12-25-24(28)18-27-14-5-9-21(27)19-10-11-22-23(17-19)30-16-15-29-22/h2-4,7-8,10-11,17,21H,5-6,9,12-16,18H2,1H3,(H,25,28). The second kappa shape index (κ2) is 9.85. The summed E-state index contributed by atoms with van der Waals surface area (Å²) in [5, 5.41) is 3.09. The summed E-state index contributed by atoms with van der Waals surface area (Å²) < 4.78 is 11.4. The summed E-state index contributed by atoms with van der Waals surface area (Å²) in [4.78, 5) is 17.0. The molecule has 2 aliphatic rings. The number of nitrogens with zero attached hydrogens (tertiary/aromatic N) is 2. The molecule has 2 aromatic carbocycles. The van der Waals surface area contributed by atoms with Crippen LogP contribution >= 0.6 is 0 Å². The van der Waals surface area contributed by atoms with E-state index in [0.717, 1.165) is 43.9 Å². The van der Waals surface area contributed by atoms with Crippen LogP contribution in [-0.2, 0) is 4.79 Å². The Bertz CT molecular complexity index is 843. The van der Waals surface area contributed by atoms with E-state index in [9.17, 15) is 4.79 Å². The van der Waals surface area contributed by atoms with Crippen LogP contribution in [0.2, 0.25) is 0 Å². The van der Waals surface area contributed by atoms with Crippen LogP contribution in [0.4, 0.5) is 5.69 Å². The van der Waals surface area contributed by atoms with Crippen molar-refractivity contribution in [3.8, 4) is 11.5 Å². The highest BCUT2D eigenvalue weighted by molar-refractivity contribution is 5.78. The molecule has 30 heavy (non-hydrogen) atoms. The van der Waals surface area contributed by atoms with Gasteiger partial charge in [-0.2, -0.15) is 0 Å². The topological polar surface area (TPSA) is 54.0 Å². The highest BCUT2D eigenvalue weighted by Crippen LogP contribution is 2.37. The zero-order valence-electron chi connectivity index (χ0n) is 17.7. The Kier molecular flexibility index (Phi) is 6.74. The summed E-state index contributed by atoms with van der Waals surface area (Å²) in [5.41, 5.74) is 2.40. The van der Waals surface area contributed by atoms with Crippen molar-refractivity contribution in [2.24, 2.45) is 0 Å². The molecule has 1 N–H and O–H groups in total. The first kappa shape index (κ1) is 20.5. The highest BCUT2D eigenvalue weighted by Gasteiger charge is 2.28. The number of ether oxygens (including phenoxy) is 2. The van der Waals surface area contributed by atoms with E-state index in [0.29, 0.717) is 26.3 Å². The molecule has 1 fully saturated rings. The number of likely N-dealkylation sites (tertiary alicyclic amines) is 1. The minimum Gasteiger partial charge on any atom is -0.486 e. The summed E-state index contributed by atoms with van der Waals surface area (Å²) in [6, 6.07) is 16.7. The van der Waals surface area contributed by atoms with E-state index in [-0.39, 0.29) is 11.9 Å². The third-order valence-electron chi connectivity index (χ3n) is 5.85. The normalized spacial score (nSPS) is 18.2. The van der Waals surface area contributed by atoms with Crippen molar-refractivity contribution in [2.75, 3.05) is 51.3 Å². The SMILES string of the molecule is CN(CCCNC(=O)CN1CCCC1c1ccc2c(c1)OCCO2)c1ccccc1. The van der Waals surface area contributed by atoms with Crippen LogP contribution in [0.5, 0.6) is 11.5 Å². The molecule has 1 saturated heterocycles. The Balaban J connectivity index is 1.24. The molecule has 0 bridgehead atoms. The van der Waals surface area contributed by atoms with Gasteiger partial charge in [0.1, 0.15) is 13.2 Å². The van der Waals surface area contributed by atoms with E-state index in [2.05, 4.69) is 46.4 Å². The Labute approximate surface area is 178 Å². The third-order valence-corrected chi connectivity index (χ3v) is 5.85. The lowest BCUT2D eigenvalue weighted by Gasteiger charge is -2.26. The zero-order valence-corrected chi connectivity index (χ0v) is 17.7. The molecule has 1 atom stereocenters. The summed E-state index contributed by atoms with van der Waals surface area (Å²) in [6.07, 6.45) is 3.09. The fourth-order valence-corrected chi connectivity index (χ4v) is 4.26. The monoisotopic (exact) mass is 409 g/mol. The van der Waals surface area contributed by atoms with E-state index < -0.39 is 0 Å². The molecule has 1 unspecified atom stereocenters. The Morgan fingerprint density at radius 1 is 1.13 bits per heavy atom. The minimum absolute atomic E-state index is 0.0989. The summed E-state index contributed by atoms with van der Waals surface area (Å²) >= 11 is 0. The smallest absolute Gasteiger partial charge is 0.234 e. The van der Waals surface area contributed by atoms with Gasteiger partial charge in [-0.1, -0.05) is 24.3 Å². The van der Waals surface area contributed by atoms with Gasteiger partial charge in [0.2, 0.25) is 5.91 Å². The van der Waals surface area contributed by atoms with Gasteiger partial charge in [0.15, 0.2) is 11.5 Å². The number of nitrogens with one attached hydrogen (secondary N) is 1.